The maximum Gasteiger partial charge on any atom is 0.428 e. The first-order chi connectivity index (χ1) is 12.9. The minimum atomic E-state index is -4.89. The topological polar surface area (TPSA) is 44.8 Å². The highest BCUT2D eigenvalue weighted by molar-refractivity contribution is 5.98. The van der Waals surface area contributed by atoms with Gasteiger partial charge in [0.05, 0.1) is 19.3 Å². The van der Waals surface area contributed by atoms with Gasteiger partial charge in [-0.05, 0) is 19.9 Å². The first kappa shape index (κ1) is 21.9. The van der Waals surface area contributed by atoms with Crippen LogP contribution in [0.15, 0.2) is 17.9 Å². The van der Waals surface area contributed by atoms with Gasteiger partial charge in [0.25, 0.3) is 6.43 Å². The predicted molar refractivity (Wildman–Crippen MR) is 86.2 cm³/mol. The van der Waals surface area contributed by atoms with Gasteiger partial charge in [0.2, 0.25) is 11.4 Å². The standard InChI is InChI=1S/C18H18F6O4/c1-5-27-16(25)14-11(8(2)17(3,28-14)18(22,23)24)9-6-7-10(15(20)21)12(19)13(9)26-4/h6-8,15H,5H2,1-4H3/t8-,17+/m0/s1. The lowest BCUT2D eigenvalue weighted by atomic mass is 9.82. The van der Waals surface area contributed by atoms with Gasteiger partial charge >= 0.3 is 12.1 Å². The highest BCUT2D eigenvalue weighted by atomic mass is 19.4. The smallest absolute Gasteiger partial charge is 0.428 e. The molecule has 0 saturated heterocycles. The molecule has 2 atom stereocenters. The van der Waals surface area contributed by atoms with Crippen LogP contribution in [0.4, 0.5) is 26.3 Å². The maximum atomic E-state index is 14.5. The second kappa shape index (κ2) is 7.56. The van der Waals surface area contributed by atoms with E-state index in [1.807, 2.05) is 0 Å². The van der Waals surface area contributed by atoms with Crippen molar-refractivity contribution >= 4 is 11.5 Å². The number of hydrogen-bond donors (Lipinski definition) is 0. The van der Waals surface area contributed by atoms with Crippen molar-refractivity contribution in [1.82, 2.24) is 0 Å². The largest absolute Gasteiger partial charge is 0.493 e. The molecule has 4 nitrogen and oxygen atoms in total. The number of carbonyl (C=O) groups is 1. The van der Waals surface area contributed by atoms with Crippen molar-refractivity contribution in [3.05, 3.63) is 34.8 Å². The van der Waals surface area contributed by atoms with E-state index in [1.165, 1.54) is 6.92 Å². The lowest BCUT2D eigenvalue weighted by molar-refractivity contribution is -0.262. The molecular formula is C18H18F6O4. The van der Waals surface area contributed by atoms with Gasteiger partial charge in [-0.2, -0.15) is 13.2 Å². The molecule has 10 heteroatoms. The van der Waals surface area contributed by atoms with Crippen molar-refractivity contribution in [3.63, 3.8) is 0 Å². The zero-order valence-electron chi connectivity index (χ0n) is 15.4. The highest BCUT2D eigenvalue weighted by Crippen LogP contribution is 2.53. The molecule has 0 bridgehead atoms. The van der Waals surface area contributed by atoms with Crippen LogP contribution in [0.3, 0.4) is 0 Å². The molecule has 1 aliphatic rings. The van der Waals surface area contributed by atoms with Crippen LogP contribution in [0.2, 0.25) is 0 Å². The van der Waals surface area contributed by atoms with Crippen LogP contribution in [0, 0.1) is 11.7 Å². The minimum Gasteiger partial charge on any atom is -0.493 e. The van der Waals surface area contributed by atoms with Crippen LogP contribution in [0.5, 0.6) is 5.75 Å². The lowest BCUT2D eigenvalue weighted by Crippen LogP contribution is -2.47. The average Bonchev–Trinajstić information content (AvgIpc) is 2.87. The Morgan fingerprint density at radius 2 is 1.93 bits per heavy atom. The Labute approximate surface area is 157 Å². The summed E-state index contributed by atoms with van der Waals surface area (Å²) in [6, 6.07) is 1.70. The molecule has 0 aromatic heterocycles. The number of carbonyl (C=O) groups excluding carboxylic acids is 1. The number of halogens is 6. The molecule has 0 aliphatic carbocycles. The van der Waals surface area contributed by atoms with Crippen LogP contribution in [-0.4, -0.2) is 31.5 Å². The summed E-state index contributed by atoms with van der Waals surface area (Å²) < 4.78 is 95.8. The third-order valence-corrected chi connectivity index (χ3v) is 4.70. The van der Waals surface area contributed by atoms with Gasteiger partial charge in [-0.25, -0.2) is 18.0 Å². The Morgan fingerprint density at radius 3 is 2.39 bits per heavy atom. The Morgan fingerprint density at radius 1 is 1.32 bits per heavy atom. The number of ether oxygens (including phenoxy) is 3. The van der Waals surface area contributed by atoms with E-state index in [0.29, 0.717) is 0 Å². The van der Waals surface area contributed by atoms with Gasteiger partial charge in [-0.15, -0.1) is 0 Å². The second-order valence-electron chi connectivity index (χ2n) is 6.24. The molecule has 0 fully saturated rings. The van der Waals surface area contributed by atoms with Gasteiger partial charge in [-0.1, -0.05) is 13.0 Å². The maximum absolute atomic E-state index is 14.5. The zero-order chi connectivity index (χ0) is 21.4. The van der Waals surface area contributed by atoms with E-state index in [2.05, 4.69) is 0 Å². The normalized spacial score (nSPS) is 22.5. The van der Waals surface area contributed by atoms with E-state index in [4.69, 9.17) is 14.2 Å². The van der Waals surface area contributed by atoms with Crippen LogP contribution in [-0.2, 0) is 14.3 Å². The minimum absolute atomic E-state index is 0.147. The molecule has 0 spiro atoms. The number of hydrogen-bond acceptors (Lipinski definition) is 4. The molecular weight excluding hydrogens is 394 g/mol. The Balaban J connectivity index is 2.75. The SMILES string of the molecule is CCOC(=O)C1=C(c2ccc(C(F)F)c(F)c2OC)[C@H](C)[C@](C)(C(F)(F)F)O1. The van der Waals surface area contributed by atoms with Crippen molar-refractivity contribution in [2.75, 3.05) is 13.7 Å². The van der Waals surface area contributed by atoms with E-state index >= 15 is 0 Å². The van der Waals surface area contributed by atoms with Gasteiger partial charge in [-0.3, -0.25) is 0 Å². The first-order valence-corrected chi connectivity index (χ1v) is 8.22. The predicted octanol–water partition coefficient (Wildman–Crippen LogP) is 5.03. The quantitative estimate of drug-likeness (QED) is 0.503. The summed E-state index contributed by atoms with van der Waals surface area (Å²) in [6.45, 7) is 3.16. The molecule has 0 unspecified atom stereocenters. The third kappa shape index (κ3) is 3.40. The van der Waals surface area contributed by atoms with E-state index in [-0.39, 0.29) is 17.7 Å². The molecule has 1 aromatic rings. The van der Waals surface area contributed by atoms with Crippen LogP contribution >= 0.6 is 0 Å². The van der Waals surface area contributed by atoms with Gasteiger partial charge in [0.1, 0.15) is 0 Å². The Hall–Kier alpha value is -2.39. The van der Waals surface area contributed by atoms with Crippen molar-refractivity contribution in [2.45, 2.75) is 39.0 Å². The molecule has 156 valence electrons. The zero-order valence-corrected chi connectivity index (χ0v) is 15.4. The molecule has 2 rings (SSSR count). The van der Waals surface area contributed by atoms with Crippen molar-refractivity contribution in [1.29, 1.82) is 0 Å². The van der Waals surface area contributed by atoms with Gasteiger partial charge in [0.15, 0.2) is 11.6 Å². The fourth-order valence-corrected chi connectivity index (χ4v) is 2.99. The molecule has 0 N–H and O–H groups in total. The monoisotopic (exact) mass is 412 g/mol. The molecule has 0 amide bonds. The Bertz CT molecular complexity index is 802. The fraction of sp³-hybridized carbons (Fsp3) is 0.500. The molecule has 1 aliphatic heterocycles. The molecule has 1 aromatic carbocycles. The summed E-state index contributed by atoms with van der Waals surface area (Å²) in [5, 5.41) is 0. The van der Waals surface area contributed by atoms with Gasteiger partial charge in [0, 0.05) is 17.1 Å². The number of alkyl halides is 5. The fourth-order valence-electron chi connectivity index (χ4n) is 2.99. The van der Waals surface area contributed by atoms with Crippen molar-refractivity contribution < 1.29 is 45.3 Å². The number of esters is 1. The highest BCUT2D eigenvalue weighted by Gasteiger charge is 2.63. The summed E-state index contributed by atoms with van der Waals surface area (Å²) in [6.07, 6.45) is -8.06. The lowest BCUT2D eigenvalue weighted by Gasteiger charge is -2.32. The van der Waals surface area contributed by atoms with Crippen molar-refractivity contribution in [2.24, 2.45) is 5.92 Å². The summed E-state index contributed by atoms with van der Waals surface area (Å²) in [4.78, 5) is 12.2. The van der Waals surface area contributed by atoms with E-state index in [9.17, 15) is 31.1 Å². The summed E-state index contributed by atoms with van der Waals surface area (Å²) in [5.74, 6) is -5.58. The van der Waals surface area contributed by atoms with E-state index in [0.717, 1.165) is 33.1 Å². The van der Waals surface area contributed by atoms with Crippen LogP contribution in [0.1, 0.15) is 38.3 Å². The van der Waals surface area contributed by atoms with Gasteiger partial charge < -0.3 is 14.2 Å². The van der Waals surface area contributed by atoms with Crippen LogP contribution in [0.25, 0.3) is 5.57 Å². The molecule has 28 heavy (non-hydrogen) atoms. The van der Waals surface area contributed by atoms with E-state index < -0.39 is 53.0 Å². The molecule has 1 heterocycles. The average molecular weight is 412 g/mol. The molecule has 0 radical (unpaired) electrons. The summed E-state index contributed by atoms with van der Waals surface area (Å²) >= 11 is 0. The summed E-state index contributed by atoms with van der Waals surface area (Å²) in [5.41, 5.74) is -4.43. The molecule has 0 saturated carbocycles. The third-order valence-electron chi connectivity index (χ3n) is 4.70. The number of methoxy groups -OCH3 is 1. The first-order valence-electron chi connectivity index (χ1n) is 8.22. The number of benzene rings is 1. The second-order valence-corrected chi connectivity index (χ2v) is 6.24. The Kier molecular flexibility index (Phi) is 5.91. The van der Waals surface area contributed by atoms with E-state index in [1.54, 1.807) is 0 Å². The van der Waals surface area contributed by atoms with Crippen LogP contribution < -0.4 is 4.74 Å². The number of rotatable bonds is 5. The summed E-state index contributed by atoms with van der Waals surface area (Å²) in [7, 11) is 0.977. The van der Waals surface area contributed by atoms with Crippen molar-refractivity contribution in [3.8, 4) is 5.75 Å².